The van der Waals surface area contributed by atoms with Gasteiger partial charge in [0.25, 0.3) is 0 Å². The molecule has 0 radical (unpaired) electrons. The molecule has 1 saturated heterocycles. The van der Waals surface area contributed by atoms with Crippen LogP contribution in [0.3, 0.4) is 0 Å². The van der Waals surface area contributed by atoms with E-state index in [1.54, 1.807) is 4.90 Å². The highest BCUT2D eigenvalue weighted by atomic mass is 35.5. The Hall–Kier alpha value is -1.10. The molecule has 0 bridgehead atoms. The van der Waals surface area contributed by atoms with E-state index in [2.05, 4.69) is 17.0 Å². The van der Waals surface area contributed by atoms with Gasteiger partial charge in [0.05, 0.1) is 0 Å². The van der Waals surface area contributed by atoms with Crippen molar-refractivity contribution in [3.8, 4) is 0 Å². The maximum Gasteiger partial charge on any atom is 0.248 e. The first-order chi connectivity index (χ1) is 9.69. The highest BCUT2D eigenvalue weighted by Crippen LogP contribution is 2.11. The largest absolute Gasteiger partial charge is 0.387 e. The van der Waals surface area contributed by atoms with Crippen LogP contribution >= 0.6 is 11.6 Å². The van der Waals surface area contributed by atoms with Gasteiger partial charge in [0, 0.05) is 31.2 Å². The number of carbonyl (C=O) groups is 1. The van der Waals surface area contributed by atoms with Gasteiger partial charge in [0.2, 0.25) is 5.91 Å². The lowest BCUT2D eigenvalue weighted by Crippen LogP contribution is -2.49. The first kappa shape index (κ1) is 15.3. The summed E-state index contributed by atoms with van der Waals surface area (Å²) in [4.78, 5) is 15.5. The smallest absolute Gasteiger partial charge is 0.248 e. The first-order valence-corrected chi connectivity index (χ1v) is 7.42. The van der Waals surface area contributed by atoms with E-state index in [1.807, 2.05) is 12.1 Å². The van der Waals surface area contributed by atoms with E-state index < -0.39 is 0 Å². The number of hydrogen-bond acceptors (Lipinski definition) is 3. The van der Waals surface area contributed by atoms with Crippen LogP contribution in [0, 0.1) is 0 Å². The number of hydrogen-bond donors (Lipinski definition) is 1. The molecule has 1 aromatic rings. The molecule has 0 aromatic heterocycles. The third-order valence-corrected chi connectivity index (χ3v) is 3.97. The van der Waals surface area contributed by atoms with Crippen LogP contribution in [0.2, 0.25) is 5.02 Å². The topological polar surface area (TPSA) is 43.8 Å². The van der Waals surface area contributed by atoms with Gasteiger partial charge in [-0.1, -0.05) is 23.7 Å². The molecule has 20 heavy (non-hydrogen) atoms. The van der Waals surface area contributed by atoms with Crippen LogP contribution in [0.15, 0.2) is 24.3 Å². The maximum atomic E-state index is 11.3. The van der Waals surface area contributed by atoms with Crippen LogP contribution in [-0.2, 0) is 11.2 Å². The molecular weight excluding hydrogens is 276 g/mol. The molecule has 2 rings (SSSR count). The number of nitrogens with zero attached hydrogens (tertiary/aromatic N) is 2. The van der Waals surface area contributed by atoms with Crippen molar-refractivity contribution in [2.75, 3.05) is 39.3 Å². The zero-order valence-electron chi connectivity index (χ0n) is 11.6. The van der Waals surface area contributed by atoms with E-state index in [0.29, 0.717) is 0 Å². The van der Waals surface area contributed by atoms with Crippen molar-refractivity contribution in [1.29, 1.82) is 0 Å². The fourth-order valence-corrected chi connectivity index (χ4v) is 2.60. The van der Waals surface area contributed by atoms with E-state index in [1.165, 1.54) is 5.56 Å². The van der Waals surface area contributed by atoms with Crippen molar-refractivity contribution in [2.45, 2.75) is 12.8 Å². The zero-order chi connectivity index (χ0) is 14.4. The summed E-state index contributed by atoms with van der Waals surface area (Å²) in [5.74, 6) is -0.161. The standard InChI is InChI=1S/C15H21ClN2O2/c16-14-5-3-13(4-6-14)2-1-7-17-8-10-18(11-9-17)15(20)12-19/h3-6,19H,1-2,7-12H2. The summed E-state index contributed by atoms with van der Waals surface area (Å²) in [6, 6.07) is 7.99. The molecule has 1 fully saturated rings. The van der Waals surface area contributed by atoms with E-state index >= 15 is 0 Å². The molecule has 0 saturated carbocycles. The van der Waals surface area contributed by atoms with Crippen LogP contribution in [0.1, 0.15) is 12.0 Å². The molecule has 1 aromatic carbocycles. The van der Waals surface area contributed by atoms with Gasteiger partial charge in [0.15, 0.2) is 0 Å². The Kier molecular flexibility index (Phi) is 5.83. The van der Waals surface area contributed by atoms with Gasteiger partial charge >= 0.3 is 0 Å². The van der Waals surface area contributed by atoms with Crippen molar-refractivity contribution in [3.63, 3.8) is 0 Å². The first-order valence-electron chi connectivity index (χ1n) is 7.04. The number of benzene rings is 1. The molecule has 0 spiro atoms. The van der Waals surface area contributed by atoms with Gasteiger partial charge in [-0.15, -0.1) is 0 Å². The quantitative estimate of drug-likeness (QED) is 0.893. The Morgan fingerprint density at radius 2 is 1.80 bits per heavy atom. The lowest BCUT2D eigenvalue weighted by molar-refractivity contribution is -0.135. The molecule has 4 nitrogen and oxygen atoms in total. The Morgan fingerprint density at radius 1 is 1.15 bits per heavy atom. The fraction of sp³-hybridized carbons (Fsp3) is 0.533. The van der Waals surface area contributed by atoms with Crippen molar-refractivity contribution < 1.29 is 9.90 Å². The summed E-state index contributed by atoms with van der Waals surface area (Å²) < 4.78 is 0. The number of aryl methyl sites for hydroxylation is 1. The molecule has 1 N–H and O–H groups in total. The lowest BCUT2D eigenvalue weighted by atomic mass is 10.1. The van der Waals surface area contributed by atoms with Crippen molar-refractivity contribution >= 4 is 17.5 Å². The monoisotopic (exact) mass is 296 g/mol. The van der Waals surface area contributed by atoms with E-state index in [0.717, 1.165) is 50.6 Å². The second-order valence-corrected chi connectivity index (χ2v) is 5.55. The normalized spacial score (nSPS) is 16.4. The summed E-state index contributed by atoms with van der Waals surface area (Å²) in [6.07, 6.45) is 2.16. The number of rotatable bonds is 5. The molecule has 0 aliphatic carbocycles. The number of aliphatic hydroxyl groups is 1. The summed E-state index contributed by atoms with van der Waals surface area (Å²) in [5, 5.41) is 9.60. The Balaban J connectivity index is 1.66. The summed E-state index contributed by atoms with van der Waals surface area (Å²) in [6.45, 7) is 3.90. The van der Waals surface area contributed by atoms with Crippen molar-refractivity contribution in [1.82, 2.24) is 9.80 Å². The van der Waals surface area contributed by atoms with Gasteiger partial charge < -0.3 is 10.0 Å². The number of aliphatic hydroxyl groups excluding tert-OH is 1. The molecule has 1 heterocycles. The highest BCUT2D eigenvalue weighted by Gasteiger charge is 2.19. The van der Waals surface area contributed by atoms with Crippen LogP contribution in [0.25, 0.3) is 0 Å². The van der Waals surface area contributed by atoms with Crippen LogP contribution in [0.5, 0.6) is 0 Å². The average Bonchev–Trinajstić information content (AvgIpc) is 2.49. The molecule has 0 atom stereocenters. The zero-order valence-corrected chi connectivity index (χ0v) is 12.4. The number of carbonyl (C=O) groups excluding carboxylic acids is 1. The molecule has 5 heteroatoms. The van der Waals surface area contributed by atoms with Gasteiger partial charge in [-0.2, -0.15) is 0 Å². The van der Waals surface area contributed by atoms with Gasteiger partial charge in [-0.3, -0.25) is 9.69 Å². The predicted molar refractivity (Wildman–Crippen MR) is 79.9 cm³/mol. The number of amides is 1. The molecular formula is C15H21ClN2O2. The molecule has 1 aliphatic heterocycles. The summed E-state index contributed by atoms with van der Waals surface area (Å²) in [7, 11) is 0. The Morgan fingerprint density at radius 3 is 2.40 bits per heavy atom. The molecule has 110 valence electrons. The van der Waals surface area contributed by atoms with E-state index in [9.17, 15) is 4.79 Å². The minimum Gasteiger partial charge on any atom is -0.387 e. The second-order valence-electron chi connectivity index (χ2n) is 5.11. The Bertz CT molecular complexity index is 428. The second kappa shape index (κ2) is 7.62. The summed E-state index contributed by atoms with van der Waals surface area (Å²) in [5.41, 5.74) is 1.31. The minimum atomic E-state index is -0.378. The predicted octanol–water partition coefficient (Wildman–Crippen LogP) is 1.41. The van der Waals surface area contributed by atoms with E-state index in [4.69, 9.17) is 16.7 Å². The van der Waals surface area contributed by atoms with Crippen LogP contribution in [-0.4, -0.2) is 60.1 Å². The van der Waals surface area contributed by atoms with Crippen LogP contribution < -0.4 is 0 Å². The van der Waals surface area contributed by atoms with Gasteiger partial charge in [-0.25, -0.2) is 0 Å². The Labute approximate surface area is 124 Å². The molecule has 1 aliphatic rings. The third-order valence-electron chi connectivity index (χ3n) is 3.71. The SMILES string of the molecule is O=C(CO)N1CCN(CCCc2ccc(Cl)cc2)CC1. The molecule has 1 amide bonds. The minimum absolute atomic E-state index is 0.161. The van der Waals surface area contributed by atoms with Crippen molar-refractivity contribution in [3.05, 3.63) is 34.9 Å². The number of piperazine rings is 1. The van der Waals surface area contributed by atoms with Crippen molar-refractivity contribution in [2.24, 2.45) is 0 Å². The fourth-order valence-electron chi connectivity index (χ4n) is 2.48. The van der Waals surface area contributed by atoms with Gasteiger partial charge in [0.1, 0.15) is 6.61 Å². The van der Waals surface area contributed by atoms with Gasteiger partial charge in [-0.05, 0) is 37.1 Å². The average molecular weight is 297 g/mol. The number of halogens is 1. The lowest BCUT2D eigenvalue weighted by Gasteiger charge is -2.34. The molecule has 0 unspecified atom stereocenters. The highest BCUT2D eigenvalue weighted by molar-refractivity contribution is 6.30. The van der Waals surface area contributed by atoms with E-state index in [-0.39, 0.29) is 12.5 Å². The maximum absolute atomic E-state index is 11.3. The summed E-state index contributed by atoms with van der Waals surface area (Å²) >= 11 is 5.86. The third kappa shape index (κ3) is 4.47. The van der Waals surface area contributed by atoms with Crippen LogP contribution in [0.4, 0.5) is 0 Å².